The number of rotatable bonds is 13. The zero-order chi connectivity index (χ0) is 18.5. The van der Waals surface area contributed by atoms with Gasteiger partial charge in [0, 0.05) is 5.75 Å². The highest BCUT2D eigenvalue weighted by molar-refractivity contribution is 7.99. The maximum atomic E-state index is 12.2. The lowest BCUT2D eigenvalue weighted by Crippen LogP contribution is -2.58. The summed E-state index contributed by atoms with van der Waals surface area (Å²) in [6.07, 6.45) is 7.03. The van der Waals surface area contributed by atoms with Crippen molar-refractivity contribution in [3.8, 4) is 0 Å². The highest BCUT2D eigenvalue weighted by atomic mass is 32.2. The number of hydrogen-bond acceptors (Lipinski definition) is 5. The summed E-state index contributed by atoms with van der Waals surface area (Å²) in [4.78, 5) is 23.6. The molecule has 0 aliphatic carbocycles. The van der Waals surface area contributed by atoms with Gasteiger partial charge in [0.15, 0.2) is 0 Å². The van der Waals surface area contributed by atoms with E-state index >= 15 is 0 Å². The van der Waals surface area contributed by atoms with E-state index in [1.54, 1.807) is 12.1 Å². The van der Waals surface area contributed by atoms with Gasteiger partial charge < -0.3 is 15.6 Å². The van der Waals surface area contributed by atoms with Gasteiger partial charge in [-0.25, -0.2) is 9.59 Å². The maximum absolute atomic E-state index is 12.2. The van der Waals surface area contributed by atoms with E-state index in [-0.39, 0.29) is 12.4 Å². The van der Waals surface area contributed by atoms with Crippen LogP contribution < -0.4 is 5.73 Å². The van der Waals surface area contributed by atoms with Gasteiger partial charge in [0.2, 0.25) is 5.54 Å². The highest BCUT2D eigenvalue weighted by Gasteiger charge is 2.44. The zero-order valence-corrected chi connectivity index (χ0v) is 15.7. The second-order valence-corrected chi connectivity index (χ2v) is 7.26. The molecule has 0 fully saturated rings. The van der Waals surface area contributed by atoms with Crippen molar-refractivity contribution in [1.29, 1.82) is 0 Å². The summed E-state index contributed by atoms with van der Waals surface area (Å²) in [5.74, 6) is -1.42. The standard InChI is InChI=1S/C19H29NO4S/c1-2-3-4-5-6-10-13-25-15-19(20,17(21)22)18(23)24-14-16-11-8-7-9-12-16/h7-9,11-12H,2-6,10,13-15,20H2,1H3,(H,21,22). The maximum Gasteiger partial charge on any atom is 0.339 e. The minimum atomic E-state index is -2.00. The first kappa shape index (κ1) is 21.5. The Labute approximate surface area is 154 Å². The first-order valence-corrected chi connectivity index (χ1v) is 9.97. The highest BCUT2D eigenvalue weighted by Crippen LogP contribution is 2.17. The molecule has 1 rings (SSSR count). The summed E-state index contributed by atoms with van der Waals surface area (Å²) in [5.41, 5.74) is 4.63. The van der Waals surface area contributed by atoms with Crippen LogP contribution in [0.15, 0.2) is 30.3 Å². The van der Waals surface area contributed by atoms with Crippen molar-refractivity contribution in [2.24, 2.45) is 5.73 Å². The number of hydrogen-bond donors (Lipinski definition) is 2. The smallest absolute Gasteiger partial charge is 0.339 e. The molecule has 25 heavy (non-hydrogen) atoms. The Morgan fingerprint density at radius 3 is 2.40 bits per heavy atom. The third kappa shape index (κ3) is 7.92. The van der Waals surface area contributed by atoms with Crippen LogP contribution in [-0.2, 0) is 20.9 Å². The number of unbranched alkanes of at least 4 members (excludes halogenated alkanes) is 5. The lowest BCUT2D eigenvalue weighted by atomic mass is 10.1. The number of carbonyl (C=O) groups is 2. The number of aliphatic carboxylic acids is 1. The van der Waals surface area contributed by atoms with Gasteiger partial charge in [0.1, 0.15) is 6.61 Å². The lowest BCUT2D eigenvalue weighted by molar-refractivity contribution is -0.160. The Morgan fingerprint density at radius 2 is 1.76 bits per heavy atom. The van der Waals surface area contributed by atoms with E-state index in [4.69, 9.17) is 10.5 Å². The predicted molar refractivity (Wildman–Crippen MR) is 101 cm³/mol. The number of carboxylic acid groups (broad SMARTS) is 1. The molecule has 0 amide bonds. The molecule has 0 heterocycles. The van der Waals surface area contributed by atoms with Crippen molar-refractivity contribution in [2.75, 3.05) is 11.5 Å². The molecule has 0 aromatic heterocycles. The van der Waals surface area contributed by atoms with Crippen molar-refractivity contribution < 1.29 is 19.4 Å². The van der Waals surface area contributed by atoms with Gasteiger partial charge in [0.25, 0.3) is 0 Å². The third-order valence-electron chi connectivity index (χ3n) is 3.93. The van der Waals surface area contributed by atoms with Crippen LogP contribution >= 0.6 is 11.8 Å². The van der Waals surface area contributed by atoms with Crippen molar-refractivity contribution in [1.82, 2.24) is 0 Å². The van der Waals surface area contributed by atoms with Crippen molar-refractivity contribution in [3.63, 3.8) is 0 Å². The minimum Gasteiger partial charge on any atom is -0.479 e. The molecule has 0 bridgehead atoms. The van der Waals surface area contributed by atoms with Crippen LogP contribution in [-0.4, -0.2) is 34.1 Å². The molecular formula is C19H29NO4S. The third-order valence-corrected chi connectivity index (χ3v) is 5.17. The van der Waals surface area contributed by atoms with Gasteiger partial charge in [0.05, 0.1) is 0 Å². The average molecular weight is 368 g/mol. The summed E-state index contributed by atoms with van der Waals surface area (Å²) in [6, 6.07) is 9.12. The average Bonchev–Trinajstić information content (AvgIpc) is 2.62. The molecule has 140 valence electrons. The second kappa shape index (κ2) is 11.9. The topological polar surface area (TPSA) is 89.6 Å². The van der Waals surface area contributed by atoms with Gasteiger partial charge in [-0.2, -0.15) is 11.8 Å². The molecule has 1 aromatic carbocycles. The number of benzene rings is 1. The number of thioether (sulfide) groups is 1. The van der Waals surface area contributed by atoms with Crippen LogP contribution in [0.3, 0.4) is 0 Å². The molecule has 1 atom stereocenters. The molecule has 0 aliphatic heterocycles. The first-order chi connectivity index (χ1) is 12.0. The second-order valence-electron chi connectivity index (χ2n) is 6.16. The van der Waals surface area contributed by atoms with Crippen LogP contribution in [0.1, 0.15) is 51.0 Å². The van der Waals surface area contributed by atoms with Gasteiger partial charge in [-0.15, -0.1) is 0 Å². The molecule has 0 saturated carbocycles. The Morgan fingerprint density at radius 1 is 1.12 bits per heavy atom. The van der Waals surface area contributed by atoms with E-state index in [0.29, 0.717) is 0 Å². The molecule has 5 nitrogen and oxygen atoms in total. The van der Waals surface area contributed by atoms with Gasteiger partial charge in [-0.3, -0.25) is 0 Å². The molecule has 0 radical (unpaired) electrons. The fourth-order valence-corrected chi connectivity index (χ4v) is 3.39. The number of nitrogens with two attached hydrogens (primary N) is 1. The lowest BCUT2D eigenvalue weighted by Gasteiger charge is -2.22. The van der Waals surface area contributed by atoms with E-state index in [1.165, 1.54) is 37.4 Å². The normalized spacial score (nSPS) is 13.2. The van der Waals surface area contributed by atoms with E-state index in [2.05, 4.69) is 6.92 Å². The van der Waals surface area contributed by atoms with Crippen LogP contribution in [0.5, 0.6) is 0 Å². The van der Waals surface area contributed by atoms with Gasteiger partial charge in [-0.05, 0) is 17.7 Å². The van der Waals surface area contributed by atoms with E-state index in [0.717, 1.165) is 24.2 Å². The van der Waals surface area contributed by atoms with E-state index in [9.17, 15) is 14.7 Å². The van der Waals surface area contributed by atoms with Crippen LogP contribution in [0.25, 0.3) is 0 Å². The number of ether oxygens (including phenoxy) is 1. The summed E-state index contributed by atoms with van der Waals surface area (Å²) < 4.78 is 5.12. The molecule has 0 spiro atoms. The molecule has 6 heteroatoms. The molecule has 0 saturated heterocycles. The Kier molecular flexibility index (Phi) is 10.3. The van der Waals surface area contributed by atoms with Crippen molar-refractivity contribution >= 4 is 23.7 Å². The summed E-state index contributed by atoms with van der Waals surface area (Å²) in [6.45, 7) is 2.20. The molecule has 1 aromatic rings. The fraction of sp³-hybridized carbons (Fsp3) is 0.579. The minimum absolute atomic E-state index is 0.0188. The molecule has 3 N–H and O–H groups in total. The van der Waals surface area contributed by atoms with Crippen molar-refractivity contribution in [2.45, 2.75) is 57.6 Å². The SMILES string of the molecule is CCCCCCCCSCC(N)(C(=O)O)C(=O)OCc1ccccc1. The van der Waals surface area contributed by atoms with E-state index < -0.39 is 17.5 Å². The number of carbonyl (C=O) groups excluding carboxylic acids is 1. The predicted octanol–water partition coefficient (Wildman–Crippen LogP) is 3.61. The molecule has 0 aliphatic rings. The van der Waals surface area contributed by atoms with E-state index in [1.807, 2.05) is 18.2 Å². The summed E-state index contributed by atoms with van der Waals surface area (Å²) >= 11 is 1.40. The first-order valence-electron chi connectivity index (χ1n) is 8.82. The van der Waals surface area contributed by atoms with Crippen molar-refractivity contribution in [3.05, 3.63) is 35.9 Å². The van der Waals surface area contributed by atoms with Crippen LogP contribution in [0, 0.1) is 0 Å². The van der Waals surface area contributed by atoms with Gasteiger partial charge in [-0.1, -0.05) is 69.4 Å². The Hall–Kier alpha value is -1.53. The number of carboxylic acids is 1. The molecule has 1 unspecified atom stereocenters. The summed E-state index contributed by atoms with van der Waals surface area (Å²) in [7, 11) is 0. The Balaban J connectivity index is 2.36. The van der Waals surface area contributed by atoms with Crippen LogP contribution in [0.4, 0.5) is 0 Å². The number of esters is 1. The monoisotopic (exact) mass is 367 g/mol. The zero-order valence-electron chi connectivity index (χ0n) is 14.9. The van der Waals surface area contributed by atoms with Gasteiger partial charge >= 0.3 is 11.9 Å². The quantitative estimate of drug-likeness (QED) is 0.314. The fourth-order valence-electron chi connectivity index (χ4n) is 2.28. The summed E-state index contributed by atoms with van der Waals surface area (Å²) in [5, 5.41) is 9.36. The Bertz CT molecular complexity index is 523. The largest absolute Gasteiger partial charge is 0.479 e. The van der Waals surface area contributed by atoms with Crippen LogP contribution in [0.2, 0.25) is 0 Å². The molecular weight excluding hydrogens is 338 g/mol.